The Balaban J connectivity index is 1.97. The van der Waals surface area contributed by atoms with Crippen molar-refractivity contribution in [3.63, 3.8) is 0 Å². The number of carbonyl (C=O) groups excluding carboxylic acids is 1. The van der Waals surface area contributed by atoms with E-state index in [2.05, 4.69) is 15.7 Å². The number of hydrogen-bond acceptors (Lipinski definition) is 5. The quantitative estimate of drug-likeness (QED) is 0.483. The van der Waals surface area contributed by atoms with Gasteiger partial charge in [0.15, 0.2) is 0 Å². The lowest BCUT2D eigenvalue weighted by atomic mass is 10.1. The molecule has 0 aromatic rings. The number of amides is 1. The Hall–Kier alpha value is -1.82. The van der Waals surface area contributed by atoms with Gasteiger partial charge in [-0.3, -0.25) is 14.8 Å². The topological polar surface area (TPSA) is 82.8 Å². The number of primary amides is 1. The molecule has 0 saturated carbocycles. The van der Waals surface area contributed by atoms with Gasteiger partial charge in [-0.05, 0) is 6.08 Å². The highest BCUT2D eigenvalue weighted by Gasteiger charge is 2.40. The van der Waals surface area contributed by atoms with Crippen LogP contribution in [0.4, 0.5) is 0 Å². The zero-order chi connectivity index (χ0) is 10.4. The molecule has 1 amide bonds. The molecule has 0 radical (unpaired) electrons. The number of aliphatic imine (C=N–C) groups is 1. The minimum Gasteiger partial charge on any atom is -0.368 e. The number of nitrogens with two attached hydrogens (primary N) is 1. The van der Waals surface area contributed by atoms with E-state index >= 15 is 0 Å². The molecule has 78 valence electrons. The van der Waals surface area contributed by atoms with Crippen LogP contribution in [0.15, 0.2) is 28.7 Å². The van der Waals surface area contributed by atoms with Crippen LogP contribution >= 0.6 is 0 Å². The maximum Gasteiger partial charge on any atom is 0.243 e. The largest absolute Gasteiger partial charge is 0.368 e. The first kappa shape index (κ1) is 8.49. The minimum atomic E-state index is -0.329. The van der Waals surface area contributed by atoms with Crippen molar-refractivity contribution in [3.05, 3.63) is 23.7 Å². The van der Waals surface area contributed by atoms with E-state index in [9.17, 15) is 4.79 Å². The Morgan fingerprint density at radius 2 is 2.53 bits per heavy atom. The number of hydrogen-bond donors (Lipinski definition) is 3. The molecule has 15 heavy (non-hydrogen) atoms. The lowest BCUT2D eigenvalue weighted by Gasteiger charge is -2.21. The molecule has 4 N–H and O–H groups in total. The van der Waals surface area contributed by atoms with Gasteiger partial charge >= 0.3 is 0 Å². The minimum absolute atomic E-state index is 0.104. The molecule has 2 unspecified atom stereocenters. The third kappa shape index (κ3) is 1.08. The summed E-state index contributed by atoms with van der Waals surface area (Å²) in [5.74, 6) is 0.585. The van der Waals surface area contributed by atoms with Gasteiger partial charge in [-0.1, -0.05) is 0 Å². The van der Waals surface area contributed by atoms with Crippen LogP contribution in [-0.4, -0.2) is 35.8 Å². The highest BCUT2D eigenvalue weighted by molar-refractivity contribution is 5.86. The second kappa shape index (κ2) is 2.83. The van der Waals surface area contributed by atoms with E-state index in [1.54, 1.807) is 17.4 Å². The second-order valence-electron chi connectivity index (χ2n) is 3.70. The molecule has 1 saturated heterocycles. The van der Waals surface area contributed by atoms with Crippen LogP contribution < -0.4 is 16.5 Å². The molecular weight excluding hydrogens is 194 g/mol. The molecule has 3 aliphatic rings. The Morgan fingerprint density at radius 3 is 3.33 bits per heavy atom. The van der Waals surface area contributed by atoms with Gasteiger partial charge in [0.1, 0.15) is 11.9 Å². The van der Waals surface area contributed by atoms with Gasteiger partial charge in [0.05, 0.1) is 6.04 Å². The Bertz CT molecular complexity index is 411. The zero-order valence-electron chi connectivity index (χ0n) is 7.97. The monoisotopic (exact) mass is 205 g/mol. The van der Waals surface area contributed by atoms with Crippen LogP contribution in [0, 0.1) is 0 Å². The van der Waals surface area contributed by atoms with E-state index in [1.807, 2.05) is 6.08 Å². The first-order valence-corrected chi connectivity index (χ1v) is 4.80. The predicted molar refractivity (Wildman–Crippen MR) is 54.4 cm³/mol. The van der Waals surface area contributed by atoms with Crippen LogP contribution in [0.3, 0.4) is 0 Å². The highest BCUT2D eigenvalue weighted by Crippen LogP contribution is 2.26. The summed E-state index contributed by atoms with van der Waals surface area (Å²) >= 11 is 0. The standard InChI is InChI=1S/C9H11N5O/c10-8(15)7-4-12-9-5-3-11-2-1-6(5)13-14(7)9/h1-3,6-7,12-13H,4H2,(H2,10,15). The van der Waals surface area contributed by atoms with Gasteiger partial charge in [0.25, 0.3) is 0 Å². The number of nitrogens with zero attached hydrogens (tertiary/aromatic N) is 2. The second-order valence-corrected chi connectivity index (χ2v) is 3.70. The summed E-state index contributed by atoms with van der Waals surface area (Å²) in [5.41, 5.74) is 9.57. The van der Waals surface area contributed by atoms with E-state index in [0.717, 1.165) is 11.4 Å². The van der Waals surface area contributed by atoms with Crippen molar-refractivity contribution in [1.29, 1.82) is 0 Å². The Labute approximate surface area is 86.5 Å². The van der Waals surface area contributed by atoms with E-state index < -0.39 is 0 Å². The number of fused-ring (bicyclic) bond motifs is 2. The highest BCUT2D eigenvalue weighted by atomic mass is 16.1. The van der Waals surface area contributed by atoms with Gasteiger partial charge in [0.2, 0.25) is 5.91 Å². The fourth-order valence-corrected chi connectivity index (χ4v) is 2.06. The zero-order valence-corrected chi connectivity index (χ0v) is 7.97. The molecule has 3 aliphatic heterocycles. The number of rotatable bonds is 1. The fourth-order valence-electron chi connectivity index (χ4n) is 2.06. The van der Waals surface area contributed by atoms with Crippen molar-refractivity contribution in [2.45, 2.75) is 12.1 Å². The van der Waals surface area contributed by atoms with Crippen molar-refractivity contribution in [3.8, 4) is 0 Å². The molecule has 0 aromatic carbocycles. The third-order valence-electron chi connectivity index (χ3n) is 2.81. The van der Waals surface area contributed by atoms with E-state index in [1.165, 1.54) is 0 Å². The average Bonchev–Trinajstić information content (AvgIpc) is 2.74. The van der Waals surface area contributed by atoms with Crippen molar-refractivity contribution in [1.82, 2.24) is 15.8 Å². The van der Waals surface area contributed by atoms with Crippen molar-refractivity contribution >= 4 is 12.1 Å². The molecule has 3 heterocycles. The molecule has 6 nitrogen and oxygen atoms in total. The summed E-state index contributed by atoms with van der Waals surface area (Å²) in [7, 11) is 0. The average molecular weight is 205 g/mol. The van der Waals surface area contributed by atoms with Gasteiger partial charge in [-0.25, -0.2) is 5.43 Å². The lowest BCUT2D eigenvalue weighted by Crippen LogP contribution is -2.48. The van der Waals surface area contributed by atoms with Crippen molar-refractivity contribution in [2.24, 2.45) is 10.7 Å². The van der Waals surface area contributed by atoms with E-state index in [4.69, 9.17) is 5.73 Å². The summed E-state index contributed by atoms with van der Waals surface area (Å²) in [6, 6.07) is -0.216. The van der Waals surface area contributed by atoms with E-state index in [-0.39, 0.29) is 18.0 Å². The summed E-state index contributed by atoms with van der Waals surface area (Å²) in [4.78, 5) is 15.2. The fraction of sp³-hybridized carbons (Fsp3) is 0.333. The number of nitrogens with one attached hydrogen (secondary N) is 2. The van der Waals surface area contributed by atoms with Crippen LogP contribution in [0.5, 0.6) is 0 Å². The molecule has 1 fully saturated rings. The van der Waals surface area contributed by atoms with Crippen LogP contribution in [0.1, 0.15) is 0 Å². The van der Waals surface area contributed by atoms with Gasteiger partial charge in [0, 0.05) is 24.5 Å². The van der Waals surface area contributed by atoms with Crippen LogP contribution in [-0.2, 0) is 4.79 Å². The molecule has 0 bridgehead atoms. The summed E-state index contributed by atoms with van der Waals surface area (Å²) in [6.07, 6.45) is 5.48. The maximum atomic E-state index is 11.2. The number of hydrazine groups is 1. The molecule has 3 rings (SSSR count). The van der Waals surface area contributed by atoms with E-state index in [0.29, 0.717) is 6.54 Å². The first-order valence-electron chi connectivity index (χ1n) is 4.80. The smallest absolute Gasteiger partial charge is 0.243 e. The van der Waals surface area contributed by atoms with Gasteiger partial charge in [-0.2, -0.15) is 0 Å². The summed E-state index contributed by atoms with van der Waals surface area (Å²) in [6.45, 7) is 0.547. The Kier molecular flexibility index (Phi) is 1.60. The molecule has 2 atom stereocenters. The normalized spacial score (nSPS) is 31.6. The van der Waals surface area contributed by atoms with Crippen LogP contribution in [0.25, 0.3) is 0 Å². The summed E-state index contributed by atoms with van der Waals surface area (Å²) in [5, 5.41) is 4.96. The third-order valence-corrected chi connectivity index (χ3v) is 2.81. The van der Waals surface area contributed by atoms with Gasteiger partial charge < -0.3 is 11.1 Å². The van der Waals surface area contributed by atoms with Gasteiger partial charge in [-0.15, -0.1) is 0 Å². The Morgan fingerprint density at radius 1 is 1.67 bits per heavy atom. The number of carbonyl (C=O) groups is 1. The molecular formula is C9H11N5O. The molecule has 0 aliphatic carbocycles. The van der Waals surface area contributed by atoms with Crippen molar-refractivity contribution in [2.75, 3.05) is 6.54 Å². The molecule has 6 heteroatoms. The van der Waals surface area contributed by atoms with Crippen molar-refractivity contribution < 1.29 is 4.79 Å². The molecule has 0 spiro atoms. The SMILES string of the molecule is NC(=O)C1CNC2=C3C=NC=CC3NN21. The van der Waals surface area contributed by atoms with Crippen LogP contribution in [0.2, 0.25) is 0 Å². The molecule has 0 aromatic heterocycles. The summed E-state index contributed by atoms with van der Waals surface area (Å²) < 4.78 is 0. The lowest BCUT2D eigenvalue weighted by molar-refractivity contribution is -0.122. The predicted octanol–water partition coefficient (Wildman–Crippen LogP) is -1.56. The maximum absolute atomic E-state index is 11.2. The first-order chi connectivity index (χ1) is 7.27.